The highest BCUT2D eigenvalue weighted by molar-refractivity contribution is 6.34. The highest BCUT2D eigenvalue weighted by atomic mass is 35.5. The number of hydrogen-bond acceptors (Lipinski definition) is 2. The Hall–Kier alpha value is -1.81. The fourth-order valence-corrected chi connectivity index (χ4v) is 1.71. The van der Waals surface area contributed by atoms with Crippen molar-refractivity contribution in [1.29, 1.82) is 0 Å². The lowest BCUT2D eigenvalue weighted by molar-refractivity contribution is 0.0697. The molecule has 2 rings (SSSR count). The fourth-order valence-electron chi connectivity index (χ4n) is 1.46. The Kier molecular flexibility index (Phi) is 2.66. The molecule has 0 saturated carbocycles. The monoisotopic (exact) mass is 236 g/mol. The third kappa shape index (κ3) is 1.79. The van der Waals surface area contributed by atoms with Crippen molar-refractivity contribution in [2.45, 2.75) is 6.92 Å². The van der Waals surface area contributed by atoms with Gasteiger partial charge in [-0.2, -0.15) is 5.10 Å². The summed E-state index contributed by atoms with van der Waals surface area (Å²) < 4.78 is 1.50. The molecular formula is C11H9ClN2O2. The molecule has 1 aromatic heterocycles. The Morgan fingerprint density at radius 1 is 1.50 bits per heavy atom. The summed E-state index contributed by atoms with van der Waals surface area (Å²) >= 11 is 5.86. The minimum Gasteiger partial charge on any atom is -0.478 e. The quantitative estimate of drug-likeness (QED) is 0.872. The van der Waals surface area contributed by atoms with Crippen molar-refractivity contribution in [3.8, 4) is 5.69 Å². The van der Waals surface area contributed by atoms with E-state index in [-0.39, 0.29) is 10.6 Å². The molecule has 5 heteroatoms. The molecule has 0 saturated heterocycles. The van der Waals surface area contributed by atoms with E-state index in [4.69, 9.17) is 16.7 Å². The van der Waals surface area contributed by atoms with Gasteiger partial charge in [0.15, 0.2) is 0 Å². The molecule has 0 aliphatic rings. The van der Waals surface area contributed by atoms with Gasteiger partial charge in [0.05, 0.1) is 16.9 Å². The van der Waals surface area contributed by atoms with Crippen LogP contribution in [0.2, 0.25) is 5.02 Å². The molecule has 0 atom stereocenters. The average molecular weight is 237 g/mol. The molecule has 0 amide bonds. The van der Waals surface area contributed by atoms with Gasteiger partial charge in [-0.25, -0.2) is 9.48 Å². The summed E-state index contributed by atoms with van der Waals surface area (Å²) in [5.74, 6) is -1.06. The second-order valence-electron chi connectivity index (χ2n) is 3.40. The van der Waals surface area contributed by atoms with Gasteiger partial charge in [-0.1, -0.05) is 17.7 Å². The second-order valence-corrected chi connectivity index (χ2v) is 3.81. The molecule has 1 N–H and O–H groups in total. The van der Waals surface area contributed by atoms with Crippen molar-refractivity contribution >= 4 is 17.6 Å². The first kappa shape index (κ1) is 10.7. The van der Waals surface area contributed by atoms with Crippen LogP contribution in [0.25, 0.3) is 5.69 Å². The van der Waals surface area contributed by atoms with E-state index in [2.05, 4.69) is 5.10 Å². The van der Waals surface area contributed by atoms with Gasteiger partial charge in [-0.05, 0) is 24.6 Å². The largest absolute Gasteiger partial charge is 0.478 e. The van der Waals surface area contributed by atoms with Crippen molar-refractivity contribution in [3.63, 3.8) is 0 Å². The van der Waals surface area contributed by atoms with Crippen LogP contribution in [0.1, 0.15) is 15.9 Å². The zero-order valence-electron chi connectivity index (χ0n) is 8.51. The van der Waals surface area contributed by atoms with Crippen molar-refractivity contribution in [1.82, 2.24) is 9.78 Å². The number of rotatable bonds is 2. The normalized spacial score (nSPS) is 10.4. The molecule has 0 fully saturated rings. The van der Waals surface area contributed by atoms with E-state index in [1.807, 2.05) is 6.92 Å². The number of nitrogens with zero attached hydrogens (tertiary/aromatic N) is 2. The highest BCUT2D eigenvalue weighted by Crippen LogP contribution is 2.23. The van der Waals surface area contributed by atoms with Crippen LogP contribution >= 0.6 is 11.6 Å². The molecule has 4 nitrogen and oxygen atoms in total. The van der Waals surface area contributed by atoms with E-state index in [9.17, 15) is 4.79 Å². The topological polar surface area (TPSA) is 55.1 Å². The first-order chi connectivity index (χ1) is 7.59. The van der Waals surface area contributed by atoms with Gasteiger partial charge in [0, 0.05) is 6.20 Å². The number of halogens is 1. The number of carboxylic acid groups (broad SMARTS) is 1. The van der Waals surface area contributed by atoms with Crippen molar-refractivity contribution in [3.05, 3.63) is 46.7 Å². The highest BCUT2D eigenvalue weighted by Gasteiger charge is 2.15. The lowest BCUT2D eigenvalue weighted by Gasteiger charge is -2.07. The molecule has 0 aliphatic heterocycles. The third-order valence-corrected chi connectivity index (χ3v) is 2.48. The number of aryl methyl sites for hydroxylation is 1. The van der Waals surface area contributed by atoms with Crippen LogP contribution in [-0.4, -0.2) is 20.9 Å². The van der Waals surface area contributed by atoms with Crippen molar-refractivity contribution in [2.24, 2.45) is 0 Å². The molecule has 1 aromatic carbocycles. The number of benzene rings is 1. The fraction of sp³-hybridized carbons (Fsp3) is 0.0909. The first-order valence-electron chi connectivity index (χ1n) is 4.63. The maximum absolute atomic E-state index is 11.1. The molecular weight excluding hydrogens is 228 g/mol. The van der Waals surface area contributed by atoms with E-state index < -0.39 is 5.97 Å². The minimum atomic E-state index is -1.06. The Morgan fingerprint density at radius 2 is 2.25 bits per heavy atom. The predicted molar refractivity (Wildman–Crippen MR) is 60.3 cm³/mol. The standard InChI is InChI=1S/C11H9ClN2O2/c1-7-5-13-14(6-7)9-4-2-3-8(12)10(9)11(15)16/h2-6H,1H3,(H,15,16). The number of hydrogen-bond donors (Lipinski definition) is 1. The molecule has 0 bridgehead atoms. The van der Waals surface area contributed by atoms with Gasteiger partial charge in [0.1, 0.15) is 5.56 Å². The van der Waals surface area contributed by atoms with Gasteiger partial charge in [-0.3, -0.25) is 0 Å². The van der Waals surface area contributed by atoms with E-state index in [0.717, 1.165) is 5.56 Å². The molecule has 82 valence electrons. The smallest absolute Gasteiger partial charge is 0.339 e. The predicted octanol–water partition coefficient (Wildman–Crippen LogP) is 2.53. The van der Waals surface area contributed by atoms with E-state index in [1.54, 1.807) is 30.6 Å². The molecule has 0 radical (unpaired) electrons. The van der Waals surface area contributed by atoms with Gasteiger partial charge in [0.25, 0.3) is 0 Å². The average Bonchev–Trinajstić information content (AvgIpc) is 2.63. The van der Waals surface area contributed by atoms with Gasteiger partial charge < -0.3 is 5.11 Å². The maximum atomic E-state index is 11.1. The zero-order valence-corrected chi connectivity index (χ0v) is 9.27. The van der Waals surface area contributed by atoms with Crippen LogP contribution in [0.3, 0.4) is 0 Å². The van der Waals surface area contributed by atoms with Crippen LogP contribution in [0.4, 0.5) is 0 Å². The van der Waals surface area contributed by atoms with Crippen molar-refractivity contribution in [2.75, 3.05) is 0 Å². The van der Waals surface area contributed by atoms with Crippen LogP contribution < -0.4 is 0 Å². The summed E-state index contributed by atoms with van der Waals surface area (Å²) in [5.41, 5.74) is 1.48. The molecule has 0 aliphatic carbocycles. The number of aromatic nitrogens is 2. The van der Waals surface area contributed by atoms with E-state index in [1.165, 1.54) is 4.68 Å². The lowest BCUT2D eigenvalue weighted by atomic mass is 10.2. The summed E-state index contributed by atoms with van der Waals surface area (Å²) in [4.78, 5) is 11.1. The van der Waals surface area contributed by atoms with Crippen LogP contribution in [0.15, 0.2) is 30.6 Å². The summed E-state index contributed by atoms with van der Waals surface area (Å²) in [6.07, 6.45) is 3.41. The van der Waals surface area contributed by atoms with Crippen LogP contribution in [-0.2, 0) is 0 Å². The molecule has 2 aromatic rings. The van der Waals surface area contributed by atoms with Gasteiger partial charge >= 0.3 is 5.97 Å². The number of carbonyl (C=O) groups is 1. The SMILES string of the molecule is Cc1cnn(-c2cccc(Cl)c2C(=O)O)c1. The number of aromatic carboxylic acids is 1. The molecule has 0 unspecified atom stereocenters. The first-order valence-corrected chi connectivity index (χ1v) is 5.01. The summed E-state index contributed by atoms with van der Waals surface area (Å²) in [6, 6.07) is 4.91. The third-order valence-electron chi connectivity index (χ3n) is 2.16. The van der Waals surface area contributed by atoms with E-state index >= 15 is 0 Å². The van der Waals surface area contributed by atoms with Crippen molar-refractivity contribution < 1.29 is 9.90 Å². The summed E-state index contributed by atoms with van der Waals surface area (Å²) in [7, 11) is 0. The Morgan fingerprint density at radius 3 is 2.81 bits per heavy atom. The second kappa shape index (κ2) is 3.98. The number of carboxylic acids is 1. The van der Waals surface area contributed by atoms with E-state index in [0.29, 0.717) is 5.69 Å². The summed E-state index contributed by atoms with van der Waals surface area (Å²) in [5, 5.41) is 13.4. The molecule has 16 heavy (non-hydrogen) atoms. The van der Waals surface area contributed by atoms with Gasteiger partial charge in [0.2, 0.25) is 0 Å². The lowest BCUT2D eigenvalue weighted by Crippen LogP contribution is -2.06. The Labute approximate surface area is 97.1 Å². The molecule has 0 spiro atoms. The Bertz CT molecular complexity index is 549. The minimum absolute atomic E-state index is 0.0623. The maximum Gasteiger partial charge on any atom is 0.339 e. The molecule has 1 heterocycles. The van der Waals surface area contributed by atoms with Gasteiger partial charge in [-0.15, -0.1) is 0 Å². The zero-order chi connectivity index (χ0) is 11.7. The van der Waals surface area contributed by atoms with Crippen LogP contribution in [0.5, 0.6) is 0 Å². The Balaban J connectivity index is 2.65. The van der Waals surface area contributed by atoms with Crippen LogP contribution in [0, 0.1) is 6.92 Å². The summed E-state index contributed by atoms with van der Waals surface area (Å²) in [6.45, 7) is 1.88.